The Labute approximate surface area is 163 Å². The van der Waals surface area contributed by atoms with Crippen molar-refractivity contribution in [3.8, 4) is 0 Å². The first kappa shape index (κ1) is 19.1. The third-order valence-electron chi connectivity index (χ3n) is 4.52. The van der Waals surface area contributed by atoms with E-state index in [9.17, 15) is 9.59 Å². The van der Waals surface area contributed by atoms with Crippen LogP contribution in [0.5, 0.6) is 0 Å². The zero-order chi connectivity index (χ0) is 19.6. The Morgan fingerprint density at radius 3 is 2.56 bits per heavy atom. The molecule has 1 amide bonds. The second-order valence-corrected chi connectivity index (χ2v) is 7.26. The standard InChI is InChI=1S/C21H21ClN2O3/c1-13(2)19-21(27)24(11-10-18(25)26)17-9-8-15(22)12-16(17)20(23-19)14-6-4-3-5-7-14/h3-9,12-13,19H,10-11H2,1-2H3,(H,25,26). The number of nitrogens with zero attached hydrogens (tertiary/aromatic N) is 2. The molecule has 27 heavy (non-hydrogen) atoms. The highest BCUT2D eigenvalue weighted by Gasteiger charge is 2.33. The molecule has 2 aromatic rings. The van der Waals surface area contributed by atoms with Crippen LogP contribution in [-0.4, -0.2) is 35.3 Å². The number of carbonyl (C=O) groups excluding carboxylic acids is 1. The zero-order valence-electron chi connectivity index (χ0n) is 15.2. The molecule has 0 aromatic heterocycles. The predicted octanol–water partition coefficient (Wildman–Crippen LogP) is 4.02. The van der Waals surface area contributed by atoms with Gasteiger partial charge in [0.25, 0.3) is 5.91 Å². The number of rotatable bonds is 5. The molecule has 1 unspecified atom stereocenters. The minimum Gasteiger partial charge on any atom is -0.481 e. The van der Waals surface area contributed by atoms with Gasteiger partial charge in [-0.3, -0.25) is 14.6 Å². The van der Waals surface area contributed by atoms with Gasteiger partial charge in [0.1, 0.15) is 6.04 Å². The fraction of sp³-hybridized carbons (Fsp3) is 0.286. The highest BCUT2D eigenvalue weighted by molar-refractivity contribution is 6.32. The van der Waals surface area contributed by atoms with Gasteiger partial charge in [-0.25, -0.2) is 0 Å². The van der Waals surface area contributed by atoms with E-state index in [0.717, 1.165) is 11.1 Å². The third kappa shape index (κ3) is 4.03. The van der Waals surface area contributed by atoms with Gasteiger partial charge in [-0.2, -0.15) is 0 Å². The van der Waals surface area contributed by atoms with Crippen molar-refractivity contribution in [1.82, 2.24) is 0 Å². The summed E-state index contributed by atoms with van der Waals surface area (Å²) < 4.78 is 0. The number of benzene rings is 2. The fourth-order valence-corrected chi connectivity index (χ4v) is 3.35. The highest BCUT2D eigenvalue weighted by atomic mass is 35.5. The Balaban J connectivity index is 2.21. The van der Waals surface area contributed by atoms with Crippen molar-refractivity contribution in [3.63, 3.8) is 0 Å². The van der Waals surface area contributed by atoms with Gasteiger partial charge in [0.15, 0.2) is 0 Å². The number of aliphatic imine (C=N–C) groups is 1. The Morgan fingerprint density at radius 1 is 1.22 bits per heavy atom. The summed E-state index contributed by atoms with van der Waals surface area (Å²) in [6.07, 6.45) is -0.140. The second kappa shape index (κ2) is 7.92. The van der Waals surface area contributed by atoms with Crippen LogP contribution in [-0.2, 0) is 9.59 Å². The molecule has 0 fully saturated rings. The number of carboxylic acids is 1. The van der Waals surface area contributed by atoms with Crippen molar-refractivity contribution in [1.29, 1.82) is 0 Å². The summed E-state index contributed by atoms with van der Waals surface area (Å²) in [5.74, 6) is -1.18. The van der Waals surface area contributed by atoms with Crippen LogP contribution >= 0.6 is 11.6 Å². The Morgan fingerprint density at radius 2 is 1.93 bits per heavy atom. The van der Waals surface area contributed by atoms with Crippen molar-refractivity contribution < 1.29 is 14.7 Å². The maximum Gasteiger partial charge on any atom is 0.305 e. The molecule has 3 rings (SSSR count). The van der Waals surface area contributed by atoms with E-state index in [-0.39, 0.29) is 24.8 Å². The molecule has 1 N–H and O–H groups in total. The van der Waals surface area contributed by atoms with Gasteiger partial charge < -0.3 is 10.0 Å². The molecule has 0 radical (unpaired) electrons. The van der Waals surface area contributed by atoms with E-state index in [0.29, 0.717) is 16.4 Å². The van der Waals surface area contributed by atoms with Crippen molar-refractivity contribution >= 4 is 34.9 Å². The molecule has 6 heteroatoms. The van der Waals surface area contributed by atoms with Crippen molar-refractivity contribution in [2.75, 3.05) is 11.4 Å². The largest absolute Gasteiger partial charge is 0.481 e. The first-order chi connectivity index (χ1) is 12.9. The lowest BCUT2D eigenvalue weighted by atomic mass is 10.00. The molecule has 0 bridgehead atoms. The number of aliphatic carboxylic acids is 1. The van der Waals surface area contributed by atoms with Crippen LogP contribution in [0.4, 0.5) is 5.69 Å². The van der Waals surface area contributed by atoms with Crippen molar-refractivity contribution in [2.45, 2.75) is 26.3 Å². The van der Waals surface area contributed by atoms with Gasteiger partial charge in [-0.15, -0.1) is 0 Å². The minimum atomic E-state index is -0.951. The molecule has 0 aliphatic carbocycles. The van der Waals surface area contributed by atoms with Crippen LogP contribution in [0.3, 0.4) is 0 Å². The lowest BCUT2D eigenvalue weighted by Crippen LogP contribution is -2.41. The molecule has 5 nitrogen and oxygen atoms in total. The van der Waals surface area contributed by atoms with Gasteiger partial charge in [0.05, 0.1) is 17.8 Å². The summed E-state index contributed by atoms with van der Waals surface area (Å²) in [5, 5.41) is 9.64. The van der Waals surface area contributed by atoms with Gasteiger partial charge in [0.2, 0.25) is 0 Å². The molecular weight excluding hydrogens is 364 g/mol. The van der Waals surface area contributed by atoms with Crippen LogP contribution in [0.25, 0.3) is 0 Å². The molecule has 1 atom stereocenters. The lowest BCUT2D eigenvalue weighted by molar-refractivity contribution is -0.136. The molecule has 2 aromatic carbocycles. The monoisotopic (exact) mass is 384 g/mol. The zero-order valence-corrected chi connectivity index (χ0v) is 16.0. The maximum absolute atomic E-state index is 13.2. The van der Waals surface area contributed by atoms with E-state index in [2.05, 4.69) is 0 Å². The van der Waals surface area contributed by atoms with Gasteiger partial charge in [-0.05, 0) is 24.1 Å². The number of carboxylic acid groups (broad SMARTS) is 1. The first-order valence-electron chi connectivity index (χ1n) is 8.85. The predicted molar refractivity (Wildman–Crippen MR) is 107 cm³/mol. The molecule has 1 heterocycles. The SMILES string of the molecule is CC(C)C1N=C(c2ccccc2)c2cc(Cl)ccc2N(CCC(=O)O)C1=O. The Hall–Kier alpha value is -2.66. The lowest BCUT2D eigenvalue weighted by Gasteiger charge is -2.26. The molecule has 0 spiro atoms. The highest BCUT2D eigenvalue weighted by Crippen LogP contribution is 2.32. The number of hydrogen-bond donors (Lipinski definition) is 1. The number of hydrogen-bond acceptors (Lipinski definition) is 3. The summed E-state index contributed by atoms with van der Waals surface area (Å²) in [6.45, 7) is 3.96. The summed E-state index contributed by atoms with van der Waals surface area (Å²) in [7, 11) is 0. The van der Waals surface area contributed by atoms with Crippen LogP contribution in [0.15, 0.2) is 53.5 Å². The Bertz CT molecular complexity index is 894. The summed E-state index contributed by atoms with van der Waals surface area (Å²) in [6, 6.07) is 14.3. The minimum absolute atomic E-state index is 0.0340. The van der Waals surface area contributed by atoms with E-state index >= 15 is 0 Å². The Kier molecular flexibility index (Phi) is 5.61. The number of amides is 1. The third-order valence-corrected chi connectivity index (χ3v) is 4.75. The van der Waals surface area contributed by atoms with Gasteiger partial charge in [-0.1, -0.05) is 55.8 Å². The van der Waals surface area contributed by atoms with Gasteiger partial charge >= 0.3 is 5.97 Å². The van der Waals surface area contributed by atoms with Crippen LogP contribution in [0, 0.1) is 5.92 Å². The molecule has 1 aliphatic heterocycles. The summed E-state index contributed by atoms with van der Waals surface area (Å²) >= 11 is 6.24. The number of halogens is 1. The first-order valence-corrected chi connectivity index (χ1v) is 9.22. The second-order valence-electron chi connectivity index (χ2n) is 6.83. The number of anilines is 1. The van der Waals surface area contributed by atoms with Crippen LogP contribution in [0.1, 0.15) is 31.4 Å². The van der Waals surface area contributed by atoms with E-state index in [1.807, 2.05) is 44.2 Å². The smallest absolute Gasteiger partial charge is 0.305 e. The molecule has 0 saturated heterocycles. The average molecular weight is 385 g/mol. The molecule has 140 valence electrons. The van der Waals surface area contributed by atoms with E-state index < -0.39 is 12.0 Å². The van der Waals surface area contributed by atoms with E-state index in [4.69, 9.17) is 21.7 Å². The molecular formula is C21H21ClN2O3. The number of benzodiazepines with no additional fused rings is 1. The van der Waals surface area contributed by atoms with Gasteiger partial charge in [0, 0.05) is 22.7 Å². The van der Waals surface area contributed by atoms with Crippen LogP contribution in [0.2, 0.25) is 5.02 Å². The van der Waals surface area contributed by atoms with E-state index in [1.165, 1.54) is 4.90 Å². The number of fused-ring (bicyclic) bond motifs is 1. The summed E-state index contributed by atoms with van der Waals surface area (Å²) in [5.41, 5.74) is 2.95. The van der Waals surface area contributed by atoms with E-state index in [1.54, 1.807) is 18.2 Å². The number of carbonyl (C=O) groups is 2. The topological polar surface area (TPSA) is 70.0 Å². The average Bonchev–Trinajstić information content (AvgIpc) is 2.75. The normalized spacial score (nSPS) is 16.7. The molecule has 0 saturated carbocycles. The van der Waals surface area contributed by atoms with Crippen molar-refractivity contribution in [3.05, 3.63) is 64.7 Å². The van der Waals surface area contributed by atoms with Crippen molar-refractivity contribution in [2.24, 2.45) is 10.9 Å². The fourth-order valence-electron chi connectivity index (χ4n) is 3.17. The maximum atomic E-state index is 13.2. The van der Waals surface area contributed by atoms with Crippen LogP contribution < -0.4 is 4.90 Å². The summed E-state index contributed by atoms with van der Waals surface area (Å²) in [4.78, 5) is 30.7. The quantitative estimate of drug-likeness (QED) is 0.846. The molecule has 1 aliphatic rings.